The number of hydrogen-bond donors (Lipinski definition) is 1. The van der Waals surface area contributed by atoms with Crippen LogP contribution in [0.25, 0.3) is 0 Å². The van der Waals surface area contributed by atoms with Crippen molar-refractivity contribution < 1.29 is 0 Å². The van der Waals surface area contributed by atoms with Crippen molar-refractivity contribution in [2.45, 2.75) is 46.1 Å². The van der Waals surface area contributed by atoms with Crippen LogP contribution in [0.1, 0.15) is 40.0 Å². The highest BCUT2D eigenvalue weighted by molar-refractivity contribution is 4.65. The van der Waals surface area contributed by atoms with Gasteiger partial charge in [0.25, 0.3) is 0 Å². The van der Waals surface area contributed by atoms with Crippen molar-refractivity contribution in [3.8, 4) is 0 Å². The summed E-state index contributed by atoms with van der Waals surface area (Å²) >= 11 is 0. The van der Waals surface area contributed by atoms with Gasteiger partial charge in [-0.3, -0.25) is 0 Å². The minimum atomic E-state index is 0.364. The van der Waals surface area contributed by atoms with Gasteiger partial charge in [0.15, 0.2) is 0 Å². The Bertz CT molecular complexity index is 87.8. The van der Waals surface area contributed by atoms with Crippen LogP contribution in [0.4, 0.5) is 0 Å². The molecule has 0 saturated carbocycles. The van der Waals surface area contributed by atoms with Crippen molar-refractivity contribution in [1.82, 2.24) is 4.90 Å². The molecule has 0 aromatic heterocycles. The average Bonchev–Trinajstić information content (AvgIpc) is 2.05. The van der Waals surface area contributed by atoms with E-state index >= 15 is 0 Å². The van der Waals surface area contributed by atoms with Crippen molar-refractivity contribution in [1.29, 1.82) is 0 Å². The van der Waals surface area contributed by atoms with Crippen molar-refractivity contribution in [2.75, 3.05) is 19.6 Å². The molecule has 0 aliphatic rings. The van der Waals surface area contributed by atoms with Gasteiger partial charge >= 0.3 is 0 Å². The maximum absolute atomic E-state index is 5.89. The Morgan fingerprint density at radius 1 is 1.08 bits per heavy atom. The molecule has 2 N–H and O–H groups in total. The summed E-state index contributed by atoms with van der Waals surface area (Å²) in [6.45, 7) is 10.1. The zero-order valence-electron chi connectivity index (χ0n) is 8.84. The molecule has 0 radical (unpaired) electrons. The molecule has 0 saturated heterocycles. The standard InChI is InChI=1S/C10H24N2/c1-4-7-12(8-5-2)9-10(11)6-3/h10H,4-9,11H2,1-3H3/t10-/m1/s1. The van der Waals surface area contributed by atoms with Gasteiger partial charge in [-0.25, -0.2) is 0 Å². The third kappa shape index (κ3) is 5.56. The van der Waals surface area contributed by atoms with E-state index in [1.165, 1.54) is 25.9 Å². The van der Waals surface area contributed by atoms with Crippen LogP contribution < -0.4 is 5.73 Å². The first-order valence-electron chi connectivity index (χ1n) is 5.22. The third-order valence-corrected chi connectivity index (χ3v) is 2.10. The van der Waals surface area contributed by atoms with Gasteiger partial charge in [0, 0.05) is 12.6 Å². The monoisotopic (exact) mass is 172 g/mol. The molecule has 2 nitrogen and oxygen atoms in total. The van der Waals surface area contributed by atoms with Crippen LogP contribution in [0, 0.1) is 0 Å². The zero-order valence-corrected chi connectivity index (χ0v) is 8.84. The van der Waals surface area contributed by atoms with Crippen LogP contribution in [0.5, 0.6) is 0 Å². The molecule has 0 unspecified atom stereocenters. The molecule has 0 rings (SSSR count). The second-order valence-electron chi connectivity index (χ2n) is 3.47. The summed E-state index contributed by atoms with van der Waals surface area (Å²) in [4.78, 5) is 2.47. The van der Waals surface area contributed by atoms with Gasteiger partial charge in [0.1, 0.15) is 0 Å². The lowest BCUT2D eigenvalue weighted by Crippen LogP contribution is -2.37. The smallest absolute Gasteiger partial charge is 0.0165 e. The Kier molecular flexibility index (Phi) is 7.51. The van der Waals surface area contributed by atoms with Gasteiger partial charge < -0.3 is 10.6 Å². The largest absolute Gasteiger partial charge is 0.327 e. The van der Waals surface area contributed by atoms with Crippen LogP contribution in [0.2, 0.25) is 0 Å². The number of rotatable bonds is 7. The van der Waals surface area contributed by atoms with E-state index in [1.807, 2.05) is 0 Å². The average molecular weight is 172 g/mol. The second-order valence-corrected chi connectivity index (χ2v) is 3.47. The summed E-state index contributed by atoms with van der Waals surface area (Å²) in [5.74, 6) is 0. The fourth-order valence-corrected chi connectivity index (χ4v) is 1.39. The lowest BCUT2D eigenvalue weighted by molar-refractivity contribution is 0.255. The minimum Gasteiger partial charge on any atom is -0.327 e. The van der Waals surface area contributed by atoms with E-state index in [9.17, 15) is 0 Å². The van der Waals surface area contributed by atoms with E-state index in [4.69, 9.17) is 5.73 Å². The van der Waals surface area contributed by atoms with E-state index in [0.29, 0.717) is 6.04 Å². The van der Waals surface area contributed by atoms with Gasteiger partial charge in [-0.1, -0.05) is 20.8 Å². The predicted octanol–water partition coefficient (Wildman–Crippen LogP) is 1.85. The van der Waals surface area contributed by atoms with Crippen molar-refractivity contribution in [2.24, 2.45) is 5.73 Å². The molecule has 0 aromatic rings. The summed E-state index contributed by atoms with van der Waals surface area (Å²) in [6.07, 6.45) is 3.55. The molecular weight excluding hydrogens is 148 g/mol. The number of nitrogens with two attached hydrogens (primary N) is 1. The van der Waals surface area contributed by atoms with Gasteiger partial charge in [-0.2, -0.15) is 0 Å². The van der Waals surface area contributed by atoms with Crippen LogP contribution >= 0.6 is 0 Å². The lowest BCUT2D eigenvalue weighted by Gasteiger charge is -2.23. The predicted molar refractivity (Wildman–Crippen MR) is 55.3 cm³/mol. The minimum absolute atomic E-state index is 0.364. The van der Waals surface area contributed by atoms with Crippen molar-refractivity contribution in [3.05, 3.63) is 0 Å². The molecule has 0 aliphatic carbocycles. The maximum atomic E-state index is 5.89. The van der Waals surface area contributed by atoms with Crippen molar-refractivity contribution >= 4 is 0 Å². The molecule has 2 heteroatoms. The zero-order chi connectivity index (χ0) is 9.40. The van der Waals surface area contributed by atoms with Crippen molar-refractivity contribution in [3.63, 3.8) is 0 Å². The molecule has 0 aliphatic heterocycles. The van der Waals surface area contributed by atoms with Gasteiger partial charge in [-0.05, 0) is 32.4 Å². The first-order valence-corrected chi connectivity index (χ1v) is 5.22. The van der Waals surface area contributed by atoms with E-state index in [1.54, 1.807) is 0 Å². The fraction of sp³-hybridized carbons (Fsp3) is 1.00. The molecule has 0 bridgehead atoms. The van der Waals surface area contributed by atoms with Gasteiger partial charge in [-0.15, -0.1) is 0 Å². The molecule has 0 fully saturated rings. The molecule has 74 valence electrons. The molecule has 0 aromatic carbocycles. The maximum Gasteiger partial charge on any atom is 0.0165 e. The first-order chi connectivity index (χ1) is 5.74. The summed E-state index contributed by atoms with van der Waals surface area (Å²) in [6, 6.07) is 0.364. The topological polar surface area (TPSA) is 29.3 Å². The molecule has 12 heavy (non-hydrogen) atoms. The van der Waals surface area contributed by atoms with E-state index in [0.717, 1.165) is 13.0 Å². The Balaban J connectivity index is 3.61. The molecular formula is C10H24N2. The van der Waals surface area contributed by atoms with E-state index in [-0.39, 0.29) is 0 Å². The molecule has 0 heterocycles. The Hall–Kier alpha value is -0.0800. The van der Waals surface area contributed by atoms with E-state index < -0.39 is 0 Å². The van der Waals surface area contributed by atoms with Crippen LogP contribution in [-0.2, 0) is 0 Å². The van der Waals surface area contributed by atoms with Crippen LogP contribution in [0.15, 0.2) is 0 Å². The Labute approximate surface area is 77.1 Å². The van der Waals surface area contributed by atoms with E-state index in [2.05, 4.69) is 25.7 Å². The second kappa shape index (κ2) is 7.56. The highest BCUT2D eigenvalue weighted by Crippen LogP contribution is 1.97. The lowest BCUT2D eigenvalue weighted by atomic mass is 10.2. The fourth-order valence-electron chi connectivity index (χ4n) is 1.39. The van der Waals surface area contributed by atoms with Gasteiger partial charge in [0.2, 0.25) is 0 Å². The first kappa shape index (κ1) is 11.9. The summed E-state index contributed by atoms with van der Waals surface area (Å²) in [7, 11) is 0. The highest BCUT2D eigenvalue weighted by Gasteiger charge is 2.06. The summed E-state index contributed by atoms with van der Waals surface area (Å²) in [5, 5.41) is 0. The van der Waals surface area contributed by atoms with Crippen LogP contribution in [0.3, 0.4) is 0 Å². The number of nitrogens with zero attached hydrogens (tertiary/aromatic N) is 1. The Morgan fingerprint density at radius 3 is 1.92 bits per heavy atom. The quantitative estimate of drug-likeness (QED) is 0.635. The van der Waals surface area contributed by atoms with Crippen LogP contribution in [-0.4, -0.2) is 30.6 Å². The SMILES string of the molecule is CCCN(CCC)C[C@H](N)CC. The summed E-state index contributed by atoms with van der Waals surface area (Å²) in [5.41, 5.74) is 5.89. The highest BCUT2D eigenvalue weighted by atomic mass is 15.1. The Morgan fingerprint density at radius 2 is 1.58 bits per heavy atom. The normalized spacial score (nSPS) is 13.8. The summed E-state index contributed by atoms with van der Waals surface area (Å²) < 4.78 is 0. The molecule has 0 spiro atoms. The molecule has 0 amide bonds. The molecule has 1 atom stereocenters. The third-order valence-electron chi connectivity index (χ3n) is 2.10. The van der Waals surface area contributed by atoms with Gasteiger partial charge in [0.05, 0.1) is 0 Å². The number of hydrogen-bond acceptors (Lipinski definition) is 2.